The van der Waals surface area contributed by atoms with Crippen molar-refractivity contribution in [3.63, 3.8) is 0 Å². The number of hydrogen-bond acceptors (Lipinski definition) is 4. The van der Waals surface area contributed by atoms with E-state index in [9.17, 15) is 4.79 Å². The fourth-order valence-corrected chi connectivity index (χ4v) is 0.383. The summed E-state index contributed by atoms with van der Waals surface area (Å²) in [4.78, 5) is 10.6. The van der Waals surface area contributed by atoms with Crippen LogP contribution in [0.15, 0.2) is 11.9 Å². The number of nitrogens with two attached hydrogens (primary N) is 1. The molecule has 0 atom stereocenters. The van der Waals surface area contributed by atoms with Crippen molar-refractivity contribution in [3.05, 3.63) is 11.9 Å². The van der Waals surface area contributed by atoms with Crippen LogP contribution in [-0.2, 0) is 9.53 Å². The van der Waals surface area contributed by atoms with Crippen molar-refractivity contribution >= 4 is 5.97 Å². The summed E-state index contributed by atoms with van der Waals surface area (Å²) in [5, 5.41) is 2.59. The van der Waals surface area contributed by atoms with Gasteiger partial charge in [-0.15, -0.1) is 0 Å². The van der Waals surface area contributed by atoms with Gasteiger partial charge in [0.1, 0.15) is 5.82 Å². The molecular formula is C6H12N2O2. The highest BCUT2D eigenvalue weighted by molar-refractivity contribution is 5.82. The normalized spacial score (nSPS) is 10.8. The lowest BCUT2D eigenvalue weighted by molar-refractivity contribution is -0.137. The Morgan fingerprint density at radius 1 is 1.80 bits per heavy atom. The molecular weight excluding hydrogens is 132 g/mol. The minimum atomic E-state index is -0.422. The maximum absolute atomic E-state index is 10.6. The van der Waals surface area contributed by atoms with Crippen LogP contribution in [0.2, 0.25) is 0 Å². The average Bonchev–Trinajstić information content (AvgIpc) is 1.88. The van der Waals surface area contributed by atoms with E-state index in [-0.39, 0.29) is 0 Å². The van der Waals surface area contributed by atoms with Crippen molar-refractivity contribution in [2.75, 3.05) is 13.7 Å². The SMILES string of the molecule is CCOC(=O)/C=C(\N)NC. The molecule has 0 spiro atoms. The fourth-order valence-electron chi connectivity index (χ4n) is 0.383. The zero-order chi connectivity index (χ0) is 7.98. The van der Waals surface area contributed by atoms with Crippen LogP contribution in [-0.4, -0.2) is 19.6 Å². The molecule has 0 bridgehead atoms. The van der Waals surface area contributed by atoms with Gasteiger partial charge in [-0.3, -0.25) is 0 Å². The molecule has 0 heterocycles. The number of carbonyl (C=O) groups is 1. The van der Waals surface area contributed by atoms with E-state index in [2.05, 4.69) is 10.1 Å². The Morgan fingerprint density at radius 2 is 2.40 bits per heavy atom. The quantitative estimate of drug-likeness (QED) is 0.416. The Balaban J connectivity index is 3.75. The monoisotopic (exact) mass is 144 g/mol. The van der Waals surface area contributed by atoms with Crippen molar-refractivity contribution in [2.24, 2.45) is 5.73 Å². The summed E-state index contributed by atoms with van der Waals surface area (Å²) in [5.41, 5.74) is 5.25. The lowest BCUT2D eigenvalue weighted by Crippen LogP contribution is -2.17. The Labute approximate surface area is 60.0 Å². The predicted molar refractivity (Wildman–Crippen MR) is 38.0 cm³/mol. The summed E-state index contributed by atoms with van der Waals surface area (Å²) in [6.45, 7) is 2.10. The predicted octanol–water partition coefficient (Wildman–Crippen LogP) is -0.431. The first-order valence-corrected chi connectivity index (χ1v) is 3.02. The van der Waals surface area contributed by atoms with Crippen molar-refractivity contribution < 1.29 is 9.53 Å². The lowest BCUT2D eigenvalue weighted by Gasteiger charge is -1.98. The summed E-state index contributed by atoms with van der Waals surface area (Å²) < 4.78 is 4.58. The first kappa shape index (κ1) is 8.81. The maximum Gasteiger partial charge on any atom is 0.334 e. The Hall–Kier alpha value is -1.19. The highest BCUT2D eigenvalue weighted by atomic mass is 16.5. The van der Waals surface area contributed by atoms with Crippen LogP contribution in [0.3, 0.4) is 0 Å². The van der Waals surface area contributed by atoms with Gasteiger partial charge in [-0.1, -0.05) is 0 Å². The van der Waals surface area contributed by atoms with Gasteiger partial charge in [0.05, 0.1) is 12.7 Å². The molecule has 0 rings (SSSR count). The first-order chi connectivity index (χ1) is 4.70. The highest BCUT2D eigenvalue weighted by Crippen LogP contribution is 1.81. The second kappa shape index (κ2) is 4.67. The van der Waals surface area contributed by atoms with E-state index in [1.54, 1.807) is 14.0 Å². The van der Waals surface area contributed by atoms with Gasteiger partial charge < -0.3 is 15.8 Å². The third-order valence-electron chi connectivity index (χ3n) is 0.849. The summed E-state index contributed by atoms with van der Waals surface area (Å²) >= 11 is 0. The molecule has 0 aromatic carbocycles. The van der Waals surface area contributed by atoms with Gasteiger partial charge in [0.15, 0.2) is 0 Å². The van der Waals surface area contributed by atoms with Gasteiger partial charge in [0, 0.05) is 7.05 Å². The third-order valence-corrected chi connectivity index (χ3v) is 0.849. The van der Waals surface area contributed by atoms with Crippen LogP contribution in [0.4, 0.5) is 0 Å². The van der Waals surface area contributed by atoms with Gasteiger partial charge in [-0.2, -0.15) is 0 Å². The van der Waals surface area contributed by atoms with Crippen molar-refractivity contribution in [3.8, 4) is 0 Å². The molecule has 0 radical (unpaired) electrons. The topological polar surface area (TPSA) is 64.3 Å². The summed E-state index contributed by atoms with van der Waals surface area (Å²) in [5.74, 6) is -0.118. The molecule has 10 heavy (non-hydrogen) atoms. The van der Waals surface area contributed by atoms with Crippen LogP contribution in [0.5, 0.6) is 0 Å². The summed E-state index contributed by atoms with van der Waals surface area (Å²) in [6.07, 6.45) is 1.20. The van der Waals surface area contributed by atoms with E-state index in [1.807, 2.05) is 0 Å². The van der Waals surface area contributed by atoms with Gasteiger partial charge in [0.2, 0.25) is 0 Å². The molecule has 0 aliphatic rings. The van der Waals surface area contributed by atoms with Crippen molar-refractivity contribution in [2.45, 2.75) is 6.92 Å². The molecule has 0 aromatic rings. The highest BCUT2D eigenvalue weighted by Gasteiger charge is 1.95. The van der Waals surface area contributed by atoms with E-state index < -0.39 is 5.97 Å². The van der Waals surface area contributed by atoms with Gasteiger partial charge in [-0.05, 0) is 6.92 Å². The van der Waals surface area contributed by atoms with E-state index in [0.29, 0.717) is 12.4 Å². The zero-order valence-electron chi connectivity index (χ0n) is 6.18. The third kappa shape index (κ3) is 3.77. The number of rotatable bonds is 3. The molecule has 4 nitrogen and oxygen atoms in total. The Bertz CT molecular complexity index is 143. The molecule has 0 unspecified atom stereocenters. The molecule has 0 amide bonds. The molecule has 58 valence electrons. The Kier molecular flexibility index (Phi) is 4.11. The minimum absolute atomic E-state index is 0.304. The van der Waals surface area contributed by atoms with E-state index in [1.165, 1.54) is 6.08 Å². The van der Waals surface area contributed by atoms with Crippen LogP contribution < -0.4 is 11.1 Å². The maximum atomic E-state index is 10.6. The molecule has 4 heteroatoms. The second-order valence-electron chi connectivity index (χ2n) is 1.60. The van der Waals surface area contributed by atoms with Crippen LogP contribution in [0.25, 0.3) is 0 Å². The van der Waals surface area contributed by atoms with E-state index >= 15 is 0 Å². The Morgan fingerprint density at radius 3 is 2.80 bits per heavy atom. The van der Waals surface area contributed by atoms with Crippen LogP contribution in [0, 0.1) is 0 Å². The van der Waals surface area contributed by atoms with E-state index in [0.717, 1.165) is 0 Å². The van der Waals surface area contributed by atoms with E-state index in [4.69, 9.17) is 5.73 Å². The number of hydrogen-bond donors (Lipinski definition) is 2. The zero-order valence-corrected chi connectivity index (χ0v) is 6.18. The molecule has 0 aliphatic carbocycles. The smallest absolute Gasteiger partial charge is 0.334 e. The van der Waals surface area contributed by atoms with Crippen LogP contribution in [0.1, 0.15) is 6.92 Å². The number of ether oxygens (including phenoxy) is 1. The lowest BCUT2D eigenvalue weighted by atomic mass is 10.5. The standard InChI is InChI=1S/C6H12N2O2/c1-3-10-6(9)4-5(7)8-2/h4,8H,3,7H2,1-2H3/b5-4+. The average molecular weight is 144 g/mol. The van der Waals surface area contributed by atoms with Crippen molar-refractivity contribution in [1.82, 2.24) is 5.32 Å². The molecule has 0 saturated carbocycles. The fraction of sp³-hybridized carbons (Fsp3) is 0.500. The molecule has 0 aliphatic heterocycles. The van der Waals surface area contributed by atoms with Gasteiger partial charge in [0.25, 0.3) is 0 Å². The molecule has 0 saturated heterocycles. The second-order valence-corrected chi connectivity index (χ2v) is 1.60. The molecule has 0 aromatic heterocycles. The minimum Gasteiger partial charge on any atom is -0.463 e. The number of nitrogens with one attached hydrogen (secondary N) is 1. The molecule has 0 fully saturated rings. The van der Waals surface area contributed by atoms with Crippen LogP contribution >= 0.6 is 0 Å². The molecule has 3 N–H and O–H groups in total. The summed E-state index contributed by atoms with van der Waals surface area (Å²) in [7, 11) is 1.63. The van der Waals surface area contributed by atoms with Gasteiger partial charge >= 0.3 is 5.97 Å². The van der Waals surface area contributed by atoms with Crippen molar-refractivity contribution in [1.29, 1.82) is 0 Å². The number of carbonyl (C=O) groups excluding carboxylic acids is 1. The summed E-state index contributed by atoms with van der Waals surface area (Å²) in [6, 6.07) is 0. The van der Waals surface area contributed by atoms with Gasteiger partial charge in [-0.25, -0.2) is 4.79 Å². The number of esters is 1. The largest absolute Gasteiger partial charge is 0.463 e. The first-order valence-electron chi connectivity index (χ1n) is 3.02.